The zero-order chi connectivity index (χ0) is 20.5. The summed E-state index contributed by atoms with van der Waals surface area (Å²) in [5.74, 6) is -1.13. The topological polar surface area (TPSA) is 127 Å². The molecule has 0 atom stereocenters. The minimum Gasteiger partial charge on any atom is -0.493 e. The summed E-state index contributed by atoms with van der Waals surface area (Å²) in [6.07, 6.45) is 0. The van der Waals surface area contributed by atoms with Crippen molar-refractivity contribution >= 4 is 17.8 Å². The van der Waals surface area contributed by atoms with E-state index in [-0.39, 0.29) is 30.4 Å². The zero-order valence-corrected chi connectivity index (χ0v) is 15.5. The molecule has 1 aromatic carbocycles. The molecular formula is C19H21N3O6. The molecule has 0 saturated heterocycles. The quantitative estimate of drug-likeness (QED) is 0.591. The molecule has 0 unspecified atom stereocenters. The summed E-state index contributed by atoms with van der Waals surface area (Å²) >= 11 is 0. The van der Waals surface area contributed by atoms with E-state index in [1.807, 2.05) is 6.92 Å². The molecular weight excluding hydrogens is 366 g/mol. The predicted octanol–water partition coefficient (Wildman–Crippen LogP) is 1.23. The number of pyridine rings is 1. The molecule has 3 N–H and O–H groups in total. The summed E-state index contributed by atoms with van der Waals surface area (Å²) in [6.45, 7) is 2.37. The van der Waals surface area contributed by atoms with Gasteiger partial charge < -0.3 is 25.2 Å². The maximum atomic E-state index is 12.2. The Labute approximate surface area is 161 Å². The van der Waals surface area contributed by atoms with Crippen LogP contribution in [0.2, 0.25) is 0 Å². The Bertz CT molecular complexity index is 868. The maximum Gasteiger partial charge on any atom is 0.354 e. The molecule has 148 valence electrons. The average molecular weight is 387 g/mol. The van der Waals surface area contributed by atoms with Crippen molar-refractivity contribution in [1.29, 1.82) is 0 Å². The number of aromatic nitrogens is 1. The first-order valence-corrected chi connectivity index (χ1v) is 8.49. The number of benzene rings is 1. The van der Waals surface area contributed by atoms with Gasteiger partial charge in [-0.25, -0.2) is 9.78 Å². The number of carboxylic acid groups (broad SMARTS) is 1. The molecule has 2 aromatic rings. The smallest absolute Gasteiger partial charge is 0.354 e. The number of nitrogens with one attached hydrogen (secondary N) is 2. The van der Waals surface area contributed by atoms with E-state index in [1.54, 1.807) is 18.2 Å². The van der Waals surface area contributed by atoms with Gasteiger partial charge in [-0.15, -0.1) is 0 Å². The lowest BCUT2D eigenvalue weighted by Gasteiger charge is -2.12. The number of hydrogen-bond donors (Lipinski definition) is 3. The molecule has 0 aliphatic carbocycles. The van der Waals surface area contributed by atoms with Crippen LogP contribution in [0.25, 0.3) is 0 Å². The lowest BCUT2D eigenvalue weighted by molar-refractivity contribution is -0.123. The van der Waals surface area contributed by atoms with Gasteiger partial charge in [-0.2, -0.15) is 0 Å². The fraction of sp³-hybridized carbons (Fsp3) is 0.263. The number of methoxy groups -OCH3 is 1. The number of rotatable bonds is 9. The van der Waals surface area contributed by atoms with E-state index in [4.69, 9.17) is 14.6 Å². The number of carbonyl (C=O) groups is 3. The number of likely N-dealkylation sites (N-methyl/N-ethyl adjacent to an activating group) is 1. The van der Waals surface area contributed by atoms with Crippen LogP contribution in [0.1, 0.15) is 33.5 Å². The first-order valence-electron chi connectivity index (χ1n) is 8.49. The molecule has 9 heteroatoms. The van der Waals surface area contributed by atoms with Gasteiger partial charge in [-0.05, 0) is 36.8 Å². The van der Waals surface area contributed by atoms with Gasteiger partial charge >= 0.3 is 5.97 Å². The molecule has 1 aromatic heterocycles. The third kappa shape index (κ3) is 5.70. The van der Waals surface area contributed by atoms with Gasteiger partial charge in [0.05, 0.1) is 7.11 Å². The molecule has 0 saturated carbocycles. The molecule has 0 aliphatic heterocycles. The van der Waals surface area contributed by atoms with E-state index in [1.165, 1.54) is 25.3 Å². The van der Waals surface area contributed by atoms with Crippen molar-refractivity contribution in [2.45, 2.75) is 13.5 Å². The lowest BCUT2D eigenvalue weighted by Crippen LogP contribution is -2.28. The van der Waals surface area contributed by atoms with Gasteiger partial charge in [-0.3, -0.25) is 9.59 Å². The van der Waals surface area contributed by atoms with Gasteiger partial charge in [-0.1, -0.05) is 12.1 Å². The lowest BCUT2D eigenvalue weighted by atomic mass is 10.2. The summed E-state index contributed by atoms with van der Waals surface area (Å²) in [5.41, 5.74) is 0.529. The minimum atomic E-state index is -1.21. The molecule has 0 spiro atoms. The van der Waals surface area contributed by atoms with Crippen molar-refractivity contribution in [1.82, 2.24) is 15.6 Å². The van der Waals surface area contributed by atoms with Gasteiger partial charge in [0, 0.05) is 13.1 Å². The van der Waals surface area contributed by atoms with Crippen LogP contribution in [0, 0.1) is 0 Å². The highest BCUT2D eigenvalue weighted by molar-refractivity contribution is 5.94. The normalized spacial score (nSPS) is 10.1. The van der Waals surface area contributed by atoms with Crippen LogP contribution in [0.15, 0.2) is 36.4 Å². The van der Waals surface area contributed by atoms with Crippen LogP contribution in [0.5, 0.6) is 11.5 Å². The van der Waals surface area contributed by atoms with E-state index in [2.05, 4.69) is 15.6 Å². The second kappa shape index (κ2) is 9.91. The number of hydrogen-bond acceptors (Lipinski definition) is 6. The fourth-order valence-corrected chi connectivity index (χ4v) is 2.29. The van der Waals surface area contributed by atoms with Crippen LogP contribution in [0.3, 0.4) is 0 Å². The average Bonchev–Trinajstić information content (AvgIpc) is 2.70. The van der Waals surface area contributed by atoms with Crippen LogP contribution in [0.4, 0.5) is 0 Å². The number of amides is 2. The molecule has 0 bridgehead atoms. The van der Waals surface area contributed by atoms with Crippen molar-refractivity contribution < 1.29 is 29.0 Å². The summed E-state index contributed by atoms with van der Waals surface area (Å²) in [5, 5.41) is 14.2. The van der Waals surface area contributed by atoms with E-state index < -0.39 is 11.9 Å². The van der Waals surface area contributed by atoms with Crippen LogP contribution < -0.4 is 20.1 Å². The van der Waals surface area contributed by atoms with Crippen molar-refractivity contribution in [3.63, 3.8) is 0 Å². The van der Waals surface area contributed by atoms with Gasteiger partial charge in [0.25, 0.3) is 11.8 Å². The number of nitrogens with zero attached hydrogens (tertiary/aromatic N) is 1. The van der Waals surface area contributed by atoms with Crippen LogP contribution in [-0.4, -0.2) is 48.1 Å². The highest BCUT2D eigenvalue weighted by atomic mass is 16.5. The molecule has 0 aliphatic rings. The molecule has 2 rings (SSSR count). The Balaban J connectivity index is 2.00. The SMILES string of the molecule is CCNC(=O)COc1ccc(CNC(=O)c2cccc(C(=O)O)n2)cc1OC. The Morgan fingerprint density at radius 3 is 2.50 bits per heavy atom. The fourth-order valence-electron chi connectivity index (χ4n) is 2.29. The second-order valence-electron chi connectivity index (χ2n) is 5.62. The molecule has 1 heterocycles. The highest BCUT2D eigenvalue weighted by Gasteiger charge is 2.12. The third-order valence-electron chi connectivity index (χ3n) is 3.61. The zero-order valence-electron chi connectivity index (χ0n) is 15.5. The van der Waals surface area contributed by atoms with Crippen LogP contribution >= 0.6 is 0 Å². The van der Waals surface area contributed by atoms with Crippen molar-refractivity contribution in [2.24, 2.45) is 0 Å². The maximum absolute atomic E-state index is 12.2. The van der Waals surface area contributed by atoms with E-state index in [0.29, 0.717) is 18.0 Å². The van der Waals surface area contributed by atoms with Gasteiger partial charge in [0.15, 0.2) is 18.1 Å². The summed E-state index contributed by atoms with van der Waals surface area (Å²) < 4.78 is 10.7. The third-order valence-corrected chi connectivity index (χ3v) is 3.61. The van der Waals surface area contributed by atoms with Crippen molar-refractivity contribution in [3.8, 4) is 11.5 Å². The summed E-state index contributed by atoms with van der Waals surface area (Å²) in [7, 11) is 1.47. The Morgan fingerprint density at radius 1 is 1.07 bits per heavy atom. The Hall–Kier alpha value is -3.62. The highest BCUT2D eigenvalue weighted by Crippen LogP contribution is 2.28. The van der Waals surface area contributed by atoms with Crippen LogP contribution in [-0.2, 0) is 11.3 Å². The number of aromatic carboxylic acids is 1. The number of ether oxygens (including phenoxy) is 2. The largest absolute Gasteiger partial charge is 0.493 e. The minimum absolute atomic E-state index is 0.00811. The van der Waals surface area contributed by atoms with Gasteiger partial charge in [0.2, 0.25) is 0 Å². The Morgan fingerprint density at radius 2 is 1.82 bits per heavy atom. The molecule has 2 amide bonds. The number of carboxylic acids is 1. The standard InChI is InChI=1S/C19H21N3O6/c1-3-20-17(23)11-28-15-8-7-12(9-16(15)27-2)10-21-18(24)13-5-4-6-14(22-13)19(25)26/h4-9H,3,10-11H2,1-2H3,(H,20,23)(H,21,24)(H,25,26). The van der Waals surface area contributed by atoms with Crippen molar-refractivity contribution in [2.75, 3.05) is 20.3 Å². The predicted molar refractivity (Wildman–Crippen MR) is 99.5 cm³/mol. The van der Waals surface area contributed by atoms with E-state index in [0.717, 1.165) is 5.56 Å². The summed E-state index contributed by atoms with van der Waals surface area (Å²) in [4.78, 5) is 38.4. The van der Waals surface area contributed by atoms with Gasteiger partial charge in [0.1, 0.15) is 11.4 Å². The molecule has 0 fully saturated rings. The first kappa shape index (κ1) is 20.7. The van der Waals surface area contributed by atoms with E-state index >= 15 is 0 Å². The monoisotopic (exact) mass is 387 g/mol. The number of carbonyl (C=O) groups excluding carboxylic acids is 2. The second-order valence-corrected chi connectivity index (χ2v) is 5.62. The molecule has 9 nitrogen and oxygen atoms in total. The molecule has 0 radical (unpaired) electrons. The first-order chi connectivity index (χ1) is 13.4. The van der Waals surface area contributed by atoms with Crippen molar-refractivity contribution in [3.05, 3.63) is 53.3 Å². The van der Waals surface area contributed by atoms with E-state index in [9.17, 15) is 14.4 Å². The molecule has 28 heavy (non-hydrogen) atoms. The summed E-state index contributed by atoms with van der Waals surface area (Å²) in [6, 6.07) is 9.23. The Kier molecular flexibility index (Phi) is 7.32.